The van der Waals surface area contributed by atoms with E-state index in [0.717, 1.165) is 0 Å². The standard InChI is InChI=1S/C25H25BrF2N4O4S/c1-2-36-25(34)21-20(13-32-11-15(5-7-35-14-33)9-17(28)12-32)30-23(24-29-6-8-37-24)31-22(21)18-4-3-16(27)10-19(18)26/h3-8,10,14-15,17,22H,2,9,11-13H2,1H3,(H,30,31)/b7-5+/t15?,17?,22-/m0/s1. The number of halogens is 3. The van der Waals surface area contributed by atoms with E-state index in [0.29, 0.717) is 46.0 Å². The molecule has 4 rings (SSSR count). The molecule has 0 spiro atoms. The predicted octanol–water partition coefficient (Wildman–Crippen LogP) is 4.30. The third-order valence-electron chi connectivity index (χ3n) is 5.89. The number of carbonyl (C=O) groups excluding carboxylic acids is 2. The summed E-state index contributed by atoms with van der Waals surface area (Å²) in [5.74, 6) is -0.745. The summed E-state index contributed by atoms with van der Waals surface area (Å²) >= 11 is 4.78. The summed E-state index contributed by atoms with van der Waals surface area (Å²) in [6.45, 7) is 3.00. The summed E-state index contributed by atoms with van der Waals surface area (Å²) in [6, 6.07) is 3.38. The lowest BCUT2D eigenvalue weighted by atomic mass is 9.93. The Morgan fingerprint density at radius 1 is 1.38 bits per heavy atom. The quantitative estimate of drug-likeness (QED) is 0.263. The number of nitrogens with zero attached hydrogens (tertiary/aromatic N) is 3. The molecule has 3 heterocycles. The van der Waals surface area contributed by atoms with E-state index in [9.17, 15) is 18.4 Å². The van der Waals surface area contributed by atoms with Crippen LogP contribution < -0.4 is 5.32 Å². The first-order valence-corrected chi connectivity index (χ1v) is 13.3. The Labute approximate surface area is 225 Å². The van der Waals surface area contributed by atoms with Crippen molar-refractivity contribution in [2.24, 2.45) is 10.9 Å². The number of amidine groups is 1. The Kier molecular flexibility index (Phi) is 9.17. The Hall–Kier alpha value is -2.96. The van der Waals surface area contributed by atoms with Gasteiger partial charge in [-0.05, 0) is 43.0 Å². The summed E-state index contributed by atoms with van der Waals surface area (Å²) in [5.41, 5.74) is 1.33. The van der Waals surface area contributed by atoms with Crippen molar-refractivity contribution in [3.05, 3.63) is 74.2 Å². The van der Waals surface area contributed by atoms with Crippen LogP contribution in [0.25, 0.3) is 0 Å². The van der Waals surface area contributed by atoms with Crippen molar-refractivity contribution in [2.45, 2.75) is 25.6 Å². The summed E-state index contributed by atoms with van der Waals surface area (Å²) in [4.78, 5) is 34.7. The summed E-state index contributed by atoms with van der Waals surface area (Å²) in [7, 11) is 0. The molecule has 0 saturated carbocycles. The van der Waals surface area contributed by atoms with Gasteiger partial charge in [0.05, 0.1) is 18.4 Å². The highest BCUT2D eigenvalue weighted by molar-refractivity contribution is 9.10. The van der Waals surface area contributed by atoms with Crippen LogP contribution in [0.2, 0.25) is 0 Å². The molecule has 1 saturated heterocycles. The minimum absolute atomic E-state index is 0.149. The SMILES string of the molecule is CCOC(=O)C1=C(CN2CC(F)CC(/C=C/OC=O)C2)NC(c2nccs2)=N[C@H]1c1ccc(F)cc1Br. The van der Waals surface area contributed by atoms with Gasteiger partial charge in [-0.1, -0.05) is 22.0 Å². The number of aliphatic imine (C=N–C) groups is 1. The van der Waals surface area contributed by atoms with Crippen molar-refractivity contribution < 1.29 is 27.8 Å². The first-order valence-electron chi connectivity index (χ1n) is 11.6. The highest BCUT2D eigenvalue weighted by Gasteiger charge is 2.36. The monoisotopic (exact) mass is 594 g/mol. The van der Waals surface area contributed by atoms with Crippen LogP contribution in [0.4, 0.5) is 8.78 Å². The van der Waals surface area contributed by atoms with E-state index in [1.54, 1.807) is 25.3 Å². The summed E-state index contributed by atoms with van der Waals surface area (Å²) < 4.78 is 39.0. The average molecular weight is 595 g/mol. The van der Waals surface area contributed by atoms with Crippen molar-refractivity contribution >= 4 is 45.5 Å². The van der Waals surface area contributed by atoms with Gasteiger partial charge < -0.3 is 14.8 Å². The van der Waals surface area contributed by atoms with Crippen molar-refractivity contribution in [1.82, 2.24) is 15.2 Å². The van der Waals surface area contributed by atoms with E-state index in [4.69, 9.17) is 9.73 Å². The van der Waals surface area contributed by atoms with E-state index in [1.165, 1.54) is 29.7 Å². The largest absolute Gasteiger partial charge is 0.463 e. The van der Waals surface area contributed by atoms with Crippen molar-refractivity contribution in [3.63, 3.8) is 0 Å². The molecular weight excluding hydrogens is 570 g/mol. The molecule has 1 fully saturated rings. The molecule has 8 nitrogen and oxygen atoms in total. The number of piperidine rings is 1. The van der Waals surface area contributed by atoms with E-state index < -0.39 is 24.0 Å². The molecule has 2 aliphatic heterocycles. The second kappa shape index (κ2) is 12.5. The molecule has 1 N–H and O–H groups in total. The van der Waals surface area contributed by atoms with Crippen LogP contribution in [0.1, 0.15) is 30.0 Å². The molecule has 0 amide bonds. The van der Waals surface area contributed by atoms with Gasteiger partial charge in [-0.3, -0.25) is 14.7 Å². The lowest BCUT2D eigenvalue weighted by molar-refractivity contribution is -0.139. The molecule has 37 heavy (non-hydrogen) atoms. The van der Waals surface area contributed by atoms with Gasteiger partial charge in [0.25, 0.3) is 6.47 Å². The zero-order chi connectivity index (χ0) is 26.4. The maximum Gasteiger partial charge on any atom is 0.338 e. The number of hydrogen-bond acceptors (Lipinski definition) is 9. The zero-order valence-electron chi connectivity index (χ0n) is 19.9. The van der Waals surface area contributed by atoms with Gasteiger partial charge in [0.15, 0.2) is 10.8 Å². The maximum atomic E-state index is 14.7. The smallest absolute Gasteiger partial charge is 0.338 e. The van der Waals surface area contributed by atoms with Crippen LogP contribution in [0.3, 0.4) is 0 Å². The lowest BCUT2D eigenvalue weighted by Gasteiger charge is -2.36. The highest BCUT2D eigenvalue weighted by atomic mass is 79.9. The molecule has 3 atom stereocenters. The third kappa shape index (κ3) is 6.68. The van der Waals surface area contributed by atoms with E-state index in [1.807, 2.05) is 10.3 Å². The summed E-state index contributed by atoms with van der Waals surface area (Å²) in [5, 5.41) is 5.66. The summed E-state index contributed by atoms with van der Waals surface area (Å²) in [6.07, 6.45) is 3.75. The first kappa shape index (κ1) is 27.1. The molecule has 0 radical (unpaired) electrons. The number of alkyl halides is 1. The average Bonchev–Trinajstić information content (AvgIpc) is 3.39. The van der Waals surface area contributed by atoms with E-state index in [2.05, 4.69) is 31.0 Å². The van der Waals surface area contributed by atoms with Gasteiger partial charge in [-0.2, -0.15) is 0 Å². The fraction of sp³-hybridized carbons (Fsp3) is 0.360. The van der Waals surface area contributed by atoms with Gasteiger partial charge in [-0.15, -0.1) is 11.3 Å². The molecule has 0 aliphatic carbocycles. The van der Waals surface area contributed by atoms with Gasteiger partial charge in [0, 0.05) is 41.4 Å². The van der Waals surface area contributed by atoms with E-state index >= 15 is 0 Å². The van der Waals surface area contributed by atoms with Gasteiger partial charge in [0.1, 0.15) is 18.0 Å². The van der Waals surface area contributed by atoms with Crippen LogP contribution in [0, 0.1) is 11.7 Å². The number of benzene rings is 1. The van der Waals surface area contributed by atoms with Crippen LogP contribution >= 0.6 is 27.3 Å². The molecule has 2 unspecified atom stereocenters. The van der Waals surface area contributed by atoms with Crippen LogP contribution in [-0.2, 0) is 19.1 Å². The minimum Gasteiger partial charge on any atom is -0.463 e. The van der Waals surface area contributed by atoms with Crippen LogP contribution in [0.5, 0.6) is 0 Å². The second-order valence-electron chi connectivity index (χ2n) is 8.47. The number of esters is 1. The number of hydrogen-bond donors (Lipinski definition) is 1. The predicted molar refractivity (Wildman–Crippen MR) is 138 cm³/mol. The molecule has 2 aliphatic rings. The topological polar surface area (TPSA) is 93.1 Å². The van der Waals surface area contributed by atoms with Gasteiger partial charge >= 0.3 is 5.97 Å². The van der Waals surface area contributed by atoms with Gasteiger partial charge in [0.2, 0.25) is 0 Å². The van der Waals surface area contributed by atoms with Crippen molar-refractivity contribution in [1.29, 1.82) is 0 Å². The number of aromatic nitrogens is 1. The first-order chi connectivity index (χ1) is 17.9. The number of nitrogens with one attached hydrogen (secondary N) is 1. The number of ether oxygens (including phenoxy) is 2. The fourth-order valence-corrected chi connectivity index (χ4v) is 5.57. The lowest BCUT2D eigenvalue weighted by Crippen LogP contribution is -2.45. The van der Waals surface area contributed by atoms with E-state index in [-0.39, 0.29) is 31.2 Å². The molecule has 0 bridgehead atoms. The number of rotatable bonds is 9. The molecule has 1 aromatic carbocycles. The molecule has 12 heteroatoms. The molecule has 1 aromatic heterocycles. The Balaban J connectivity index is 1.75. The maximum absolute atomic E-state index is 14.7. The number of thiazole rings is 1. The van der Waals surface area contributed by atoms with Crippen molar-refractivity contribution in [3.8, 4) is 0 Å². The Morgan fingerprint density at radius 2 is 2.22 bits per heavy atom. The Bertz CT molecular complexity index is 1220. The van der Waals surface area contributed by atoms with Gasteiger partial charge in [-0.25, -0.2) is 18.6 Å². The molecular formula is C25H25BrF2N4O4S. The molecule has 196 valence electrons. The Morgan fingerprint density at radius 3 is 2.92 bits per heavy atom. The third-order valence-corrected chi connectivity index (χ3v) is 7.35. The number of likely N-dealkylation sites (tertiary alicyclic amines) is 1. The zero-order valence-corrected chi connectivity index (χ0v) is 22.3. The normalized spacial score (nSPS) is 22.5. The molecule has 2 aromatic rings. The van der Waals surface area contributed by atoms with Crippen molar-refractivity contribution in [2.75, 3.05) is 26.2 Å². The highest BCUT2D eigenvalue weighted by Crippen LogP contribution is 2.37. The minimum atomic E-state index is -1.11. The number of carbonyl (C=O) groups is 2. The van der Waals surface area contributed by atoms with Crippen LogP contribution in [-0.4, -0.2) is 60.6 Å². The fourth-order valence-electron chi connectivity index (χ4n) is 4.41. The van der Waals surface area contributed by atoms with Crippen LogP contribution in [0.15, 0.2) is 62.8 Å². The second-order valence-corrected chi connectivity index (χ2v) is 10.2.